The van der Waals surface area contributed by atoms with Gasteiger partial charge in [-0.3, -0.25) is 9.97 Å². The lowest BCUT2D eigenvalue weighted by Crippen LogP contribution is -1.92. The van der Waals surface area contributed by atoms with Crippen LogP contribution in [0.5, 0.6) is 0 Å². The predicted molar refractivity (Wildman–Crippen MR) is 83.5 cm³/mol. The zero-order valence-corrected chi connectivity index (χ0v) is 11.7. The average molecular weight is 277 g/mol. The fraction of sp³-hybridized carbons (Fsp3) is 0.0588. The quantitative estimate of drug-likeness (QED) is 0.660. The highest BCUT2D eigenvalue weighted by atomic mass is 32.1. The van der Waals surface area contributed by atoms with Crippen molar-refractivity contribution in [3.05, 3.63) is 72.7 Å². The van der Waals surface area contributed by atoms with Gasteiger partial charge in [-0.1, -0.05) is 36.4 Å². The van der Waals surface area contributed by atoms with E-state index in [9.17, 15) is 0 Å². The van der Waals surface area contributed by atoms with Crippen LogP contribution in [0.1, 0.15) is 5.69 Å². The molecule has 20 heavy (non-hydrogen) atoms. The van der Waals surface area contributed by atoms with Crippen LogP contribution in [0.15, 0.2) is 60.8 Å². The van der Waals surface area contributed by atoms with Gasteiger partial charge < -0.3 is 0 Å². The van der Waals surface area contributed by atoms with Crippen molar-refractivity contribution in [2.75, 3.05) is 0 Å². The molecule has 97 valence electrons. The van der Waals surface area contributed by atoms with Crippen LogP contribution in [0.2, 0.25) is 0 Å². The van der Waals surface area contributed by atoms with E-state index in [0.717, 1.165) is 28.1 Å². The number of hydrogen-bond acceptors (Lipinski definition) is 3. The van der Waals surface area contributed by atoms with E-state index >= 15 is 0 Å². The monoisotopic (exact) mass is 277 g/mol. The number of aromatic nitrogens is 2. The zero-order chi connectivity index (χ0) is 13.8. The van der Waals surface area contributed by atoms with Crippen molar-refractivity contribution in [1.29, 1.82) is 0 Å². The van der Waals surface area contributed by atoms with Crippen LogP contribution in [0, 0.1) is 6.20 Å². The van der Waals surface area contributed by atoms with Crippen LogP contribution in [0.25, 0.3) is 21.6 Å². The van der Waals surface area contributed by atoms with Gasteiger partial charge in [-0.25, -0.2) is 0 Å². The molecule has 2 nitrogen and oxygen atoms in total. The Balaban J connectivity index is 2.17. The van der Waals surface area contributed by atoms with Crippen LogP contribution < -0.4 is 0 Å². The zero-order valence-electron chi connectivity index (χ0n) is 10.9. The smallest absolute Gasteiger partial charge is 0.0989 e. The Labute approximate surface area is 122 Å². The molecule has 1 radical (unpaired) electrons. The van der Waals surface area contributed by atoms with Crippen molar-refractivity contribution in [2.45, 2.75) is 6.42 Å². The summed E-state index contributed by atoms with van der Waals surface area (Å²) in [7, 11) is 0. The lowest BCUT2D eigenvalue weighted by atomic mass is 9.99. The Morgan fingerprint density at radius 3 is 2.80 bits per heavy atom. The molecule has 2 aromatic heterocycles. The largest absolute Gasteiger partial charge is 0.252 e. The molecule has 3 heteroatoms. The van der Waals surface area contributed by atoms with Gasteiger partial charge in [-0.15, -0.1) is 17.9 Å². The predicted octanol–water partition coefficient (Wildman–Crippen LogP) is 4.40. The highest BCUT2D eigenvalue weighted by Crippen LogP contribution is 2.33. The minimum Gasteiger partial charge on any atom is -0.252 e. The second-order valence-corrected chi connectivity index (χ2v) is 5.26. The Morgan fingerprint density at radius 1 is 1.25 bits per heavy atom. The summed E-state index contributed by atoms with van der Waals surface area (Å²) in [4.78, 5) is 9.62. The molecule has 0 saturated heterocycles. The number of nitrogens with zero attached hydrogens (tertiary/aromatic N) is 2. The summed E-state index contributed by atoms with van der Waals surface area (Å²) in [6.45, 7) is 3.77. The third-order valence-corrected chi connectivity index (χ3v) is 3.80. The Bertz CT molecular complexity index is 703. The van der Waals surface area contributed by atoms with E-state index in [-0.39, 0.29) is 0 Å². The summed E-state index contributed by atoms with van der Waals surface area (Å²) in [5, 5.41) is 0. The molecule has 0 aliphatic carbocycles. The van der Waals surface area contributed by atoms with Crippen LogP contribution in [0.3, 0.4) is 0 Å². The minimum absolute atomic E-state index is 0.749. The van der Waals surface area contributed by atoms with Gasteiger partial charge in [0.2, 0.25) is 0 Å². The Kier molecular flexibility index (Phi) is 3.70. The summed E-state index contributed by atoms with van der Waals surface area (Å²) in [6.07, 6.45) is 7.63. The van der Waals surface area contributed by atoms with Crippen molar-refractivity contribution < 1.29 is 0 Å². The number of thiazole rings is 1. The van der Waals surface area contributed by atoms with E-state index in [1.54, 1.807) is 11.3 Å². The summed E-state index contributed by atoms with van der Waals surface area (Å²) in [6, 6.07) is 12.4. The Morgan fingerprint density at radius 2 is 2.10 bits per heavy atom. The van der Waals surface area contributed by atoms with E-state index in [1.807, 2.05) is 36.0 Å². The van der Waals surface area contributed by atoms with Crippen molar-refractivity contribution in [3.63, 3.8) is 0 Å². The molecular formula is C17H13N2S. The molecule has 0 bridgehead atoms. The molecule has 0 spiro atoms. The second-order valence-electron chi connectivity index (χ2n) is 4.37. The molecule has 0 fully saturated rings. The standard InChI is InChI=1S/C17H13N2S/c1-2-6-14-9-15(13-7-4-3-5-8-13)16(10-19-14)17-11-18-12-20-17/h2-5,7-9,11-12H,1,6H2. The maximum atomic E-state index is 4.39. The summed E-state index contributed by atoms with van der Waals surface area (Å²) in [5.74, 6) is 0. The van der Waals surface area contributed by atoms with Crippen LogP contribution in [-0.2, 0) is 6.42 Å². The average Bonchev–Trinajstić information content (AvgIpc) is 3.03. The van der Waals surface area contributed by atoms with Gasteiger partial charge in [-0.05, 0) is 17.2 Å². The SMILES string of the molecule is C=CCc1cc(-c2ccccc2)c(-c2cncs2)[c]n1. The lowest BCUT2D eigenvalue weighted by molar-refractivity contribution is 1.11. The molecule has 0 atom stereocenters. The summed E-state index contributed by atoms with van der Waals surface area (Å²) >= 11 is 1.60. The van der Waals surface area contributed by atoms with Crippen molar-refractivity contribution in [3.8, 4) is 21.6 Å². The number of benzene rings is 1. The summed E-state index contributed by atoms with van der Waals surface area (Å²) < 4.78 is 0. The van der Waals surface area contributed by atoms with Gasteiger partial charge in [0.05, 0.1) is 16.6 Å². The van der Waals surface area contributed by atoms with Gasteiger partial charge in [0, 0.05) is 23.9 Å². The Hall–Kier alpha value is -2.26. The van der Waals surface area contributed by atoms with E-state index in [1.165, 1.54) is 5.56 Å². The minimum atomic E-state index is 0.749. The van der Waals surface area contributed by atoms with E-state index in [0.29, 0.717) is 0 Å². The molecule has 0 unspecified atom stereocenters. The maximum Gasteiger partial charge on any atom is 0.0989 e. The highest BCUT2D eigenvalue weighted by Gasteiger charge is 2.11. The van der Waals surface area contributed by atoms with Crippen LogP contribution in [0.4, 0.5) is 0 Å². The topological polar surface area (TPSA) is 25.8 Å². The first kappa shape index (κ1) is 12.8. The molecule has 3 rings (SSSR count). The molecule has 0 saturated carbocycles. The molecule has 3 aromatic rings. The highest BCUT2D eigenvalue weighted by molar-refractivity contribution is 7.13. The maximum absolute atomic E-state index is 4.39. The number of rotatable bonds is 4. The molecule has 1 aromatic carbocycles. The fourth-order valence-corrected chi connectivity index (χ4v) is 2.71. The van der Waals surface area contributed by atoms with Crippen molar-refractivity contribution in [2.24, 2.45) is 0 Å². The fourth-order valence-electron chi connectivity index (χ4n) is 2.08. The number of hydrogen-bond donors (Lipinski definition) is 0. The first-order chi connectivity index (χ1) is 9.88. The molecule has 0 aliphatic rings. The molecule has 0 amide bonds. The van der Waals surface area contributed by atoms with Gasteiger partial charge in [0.25, 0.3) is 0 Å². The first-order valence-corrected chi connectivity index (χ1v) is 7.23. The van der Waals surface area contributed by atoms with E-state index < -0.39 is 0 Å². The normalized spacial score (nSPS) is 10.4. The molecule has 0 aliphatic heterocycles. The molecule has 2 heterocycles. The third kappa shape index (κ3) is 2.53. The number of allylic oxidation sites excluding steroid dienone is 1. The van der Waals surface area contributed by atoms with Crippen molar-refractivity contribution in [1.82, 2.24) is 9.97 Å². The second kappa shape index (κ2) is 5.80. The van der Waals surface area contributed by atoms with Crippen LogP contribution >= 0.6 is 11.3 Å². The van der Waals surface area contributed by atoms with E-state index in [2.05, 4.69) is 40.9 Å². The summed E-state index contributed by atoms with van der Waals surface area (Å²) in [5.41, 5.74) is 6.12. The van der Waals surface area contributed by atoms with Gasteiger partial charge in [0.15, 0.2) is 0 Å². The van der Waals surface area contributed by atoms with Gasteiger partial charge >= 0.3 is 0 Å². The number of pyridine rings is 1. The van der Waals surface area contributed by atoms with E-state index in [4.69, 9.17) is 0 Å². The molecule has 0 N–H and O–H groups in total. The lowest BCUT2D eigenvalue weighted by Gasteiger charge is -2.09. The van der Waals surface area contributed by atoms with Crippen molar-refractivity contribution >= 4 is 11.3 Å². The van der Waals surface area contributed by atoms with Gasteiger partial charge in [0.1, 0.15) is 0 Å². The third-order valence-electron chi connectivity index (χ3n) is 3.01. The van der Waals surface area contributed by atoms with Crippen LogP contribution in [-0.4, -0.2) is 9.97 Å². The molecular weight excluding hydrogens is 264 g/mol. The first-order valence-electron chi connectivity index (χ1n) is 6.35. The van der Waals surface area contributed by atoms with Gasteiger partial charge in [-0.2, -0.15) is 0 Å².